The van der Waals surface area contributed by atoms with E-state index in [1.807, 2.05) is 57.3 Å². The molecule has 2 heterocycles. The van der Waals surface area contributed by atoms with E-state index in [0.29, 0.717) is 33.1 Å². The molecule has 4 rings (SSSR count). The first-order valence-corrected chi connectivity index (χ1v) is 11.3. The molecule has 1 atom stereocenters. The quantitative estimate of drug-likeness (QED) is 0.547. The maximum atomic E-state index is 12.6. The van der Waals surface area contributed by atoms with Gasteiger partial charge in [-0.2, -0.15) is 0 Å². The molecule has 0 bridgehead atoms. The van der Waals surface area contributed by atoms with E-state index in [1.165, 1.54) is 11.8 Å². The molecule has 3 aromatic rings. The summed E-state index contributed by atoms with van der Waals surface area (Å²) >= 11 is 7.38. The van der Waals surface area contributed by atoms with Crippen molar-refractivity contribution >= 4 is 46.6 Å². The number of anilines is 2. The molecule has 0 spiro atoms. The maximum Gasteiger partial charge on any atom is 0.265 e. The van der Waals surface area contributed by atoms with Crippen LogP contribution in [-0.2, 0) is 16.6 Å². The fourth-order valence-electron chi connectivity index (χ4n) is 3.48. The Hall–Kier alpha value is -3.04. The average molecular weight is 472 g/mol. The van der Waals surface area contributed by atoms with Gasteiger partial charge in [-0.15, -0.1) is 10.2 Å². The molecule has 1 N–H and O–H groups in total. The Morgan fingerprint density at radius 3 is 2.84 bits per heavy atom. The highest BCUT2D eigenvalue weighted by Gasteiger charge is 2.32. The lowest BCUT2D eigenvalue weighted by atomic mass is 10.1. The zero-order chi connectivity index (χ0) is 22.8. The molecule has 0 saturated carbocycles. The Balaban J connectivity index is 1.45. The molecule has 0 saturated heterocycles. The number of para-hydroxylation sites is 2. The largest absolute Gasteiger partial charge is 0.482 e. The molecule has 32 heavy (non-hydrogen) atoms. The normalized spacial score (nSPS) is 14.0. The summed E-state index contributed by atoms with van der Waals surface area (Å²) in [5.74, 6) is 1.10. The number of benzene rings is 2. The van der Waals surface area contributed by atoms with Gasteiger partial charge in [-0.3, -0.25) is 14.5 Å². The summed E-state index contributed by atoms with van der Waals surface area (Å²) in [6.45, 7) is 3.77. The van der Waals surface area contributed by atoms with E-state index >= 15 is 0 Å². The van der Waals surface area contributed by atoms with Crippen molar-refractivity contribution in [1.82, 2.24) is 14.8 Å². The monoisotopic (exact) mass is 471 g/mol. The van der Waals surface area contributed by atoms with E-state index in [0.717, 1.165) is 5.56 Å². The summed E-state index contributed by atoms with van der Waals surface area (Å²) in [6, 6.07) is 12.4. The third-order valence-corrected chi connectivity index (χ3v) is 6.59. The number of aromatic nitrogens is 3. The Kier molecular flexibility index (Phi) is 6.38. The van der Waals surface area contributed by atoms with E-state index in [2.05, 4.69) is 15.5 Å². The van der Waals surface area contributed by atoms with Crippen LogP contribution in [0.5, 0.6) is 5.75 Å². The van der Waals surface area contributed by atoms with Crippen LogP contribution in [0.4, 0.5) is 11.4 Å². The number of amides is 2. The number of ether oxygens (including phenoxy) is 1. The van der Waals surface area contributed by atoms with Crippen molar-refractivity contribution in [2.45, 2.75) is 25.0 Å². The van der Waals surface area contributed by atoms with Crippen molar-refractivity contribution in [3.63, 3.8) is 0 Å². The van der Waals surface area contributed by atoms with Gasteiger partial charge in [0.25, 0.3) is 5.91 Å². The molecule has 0 radical (unpaired) electrons. The lowest BCUT2D eigenvalue weighted by Gasteiger charge is -2.33. The highest BCUT2D eigenvalue weighted by atomic mass is 35.5. The Bertz CT molecular complexity index is 1180. The van der Waals surface area contributed by atoms with E-state index in [-0.39, 0.29) is 30.2 Å². The van der Waals surface area contributed by atoms with Gasteiger partial charge in [0.2, 0.25) is 5.91 Å². The minimum atomic E-state index is -0.358. The molecule has 1 aromatic heterocycles. The molecule has 8 nitrogen and oxygen atoms in total. The minimum absolute atomic E-state index is 0.0238. The number of nitrogens with one attached hydrogen (secondary N) is 1. The Morgan fingerprint density at radius 2 is 2.06 bits per heavy atom. The number of rotatable bonds is 6. The van der Waals surface area contributed by atoms with E-state index in [4.69, 9.17) is 16.3 Å². The first-order chi connectivity index (χ1) is 15.3. The molecule has 2 amide bonds. The lowest BCUT2D eigenvalue weighted by Crippen LogP contribution is -2.41. The molecule has 1 aliphatic rings. The van der Waals surface area contributed by atoms with Crippen LogP contribution in [-0.4, -0.2) is 38.9 Å². The zero-order valence-corrected chi connectivity index (χ0v) is 19.4. The van der Waals surface area contributed by atoms with Crippen molar-refractivity contribution in [2.75, 3.05) is 22.6 Å². The van der Waals surface area contributed by atoms with Crippen molar-refractivity contribution in [3.05, 3.63) is 58.9 Å². The molecular weight excluding hydrogens is 450 g/mol. The van der Waals surface area contributed by atoms with Gasteiger partial charge in [-0.1, -0.05) is 41.6 Å². The fourth-order valence-corrected chi connectivity index (χ4v) is 4.37. The van der Waals surface area contributed by atoms with Crippen molar-refractivity contribution in [1.29, 1.82) is 0 Å². The second-order valence-electron chi connectivity index (χ2n) is 7.40. The van der Waals surface area contributed by atoms with Gasteiger partial charge in [0.1, 0.15) is 5.75 Å². The highest BCUT2D eigenvalue weighted by molar-refractivity contribution is 7.99. The summed E-state index contributed by atoms with van der Waals surface area (Å²) in [6.07, 6.45) is 0. The molecule has 166 valence electrons. The van der Waals surface area contributed by atoms with Crippen LogP contribution in [0.3, 0.4) is 0 Å². The smallest absolute Gasteiger partial charge is 0.265 e. The summed E-state index contributed by atoms with van der Waals surface area (Å²) in [7, 11) is 1.82. The molecule has 10 heteroatoms. The number of halogens is 1. The second-order valence-corrected chi connectivity index (χ2v) is 8.75. The third kappa shape index (κ3) is 4.44. The highest BCUT2D eigenvalue weighted by Crippen LogP contribution is 2.37. The number of aryl methyl sites for hydroxylation is 1. The van der Waals surface area contributed by atoms with Gasteiger partial charge in [0, 0.05) is 17.8 Å². The van der Waals surface area contributed by atoms with E-state index in [1.54, 1.807) is 15.5 Å². The number of hydrogen-bond acceptors (Lipinski definition) is 6. The zero-order valence-electron chi connectivity index (χ0n) is 17.8. The number of carbonyl (C=O) groups excluding carboxylic acids is 2. The molecule has 1 aliphatic heterocycles. The van der Waals surface area contributed by atoms with Crippen LogP contribution in [0, 0.1) is 6.92 Å². The van der Waals surface area contributed by atoms with Crippen LogP contribution >= 0.6 is 23.4 Å². The predicted molar refractivity (Wildman–Crippen MR) is 124 cm³/mol. The van der Waals surface area contributed by atoms with Crippen LogP contribution in [0.1, 0.15) is 24.4 Å². The third-order valence-electron chi connectivity index (χ3n) is 5.16. The van der Waals surface area contributed by atoms with Gasteiger partial charge in [-0.05, 0) is 43.7 Å². The fraction of sp³-hybridized carbons (Fsp3) is 0.273. The van der Waals surface area contributed by atoms with Gasteiger partial charge in [0.15, 0.2) is 17.6 Å². The van der Waals surface area contributed by atoms with Crippen LogP contribution in [0.25, 0.3) is 0 Å². The van der Waals surface area contributed by atoms with E-state index < -0.39 is 0 Å². The number of hydrogen-bond donors (Lipinski definition) is 1. The summed E-state index contributed by atoms with van der Waals surface area (Å²) in [4.78, 5) is 26.6. The van der Waals surface area contributed by atoms with Crippen molar-refractivity contribution in [3.8, 4) is 5.75 Å². The molecule has 1 unspecified atom stereocenters. The second kappa shape index (κ2) is 9.22. The first kappa shape index (κ1) is 22.2. The average Bonchev–Trinajstić information content (AvgIpc) is 3.14. The summed E-state index contributed by atoms with van der Waals surface area (Å²) < 4.78 is 7.33. The van der Waals surface area contributed by atoms with Crippen LogP contribution < -0.4 is 15.0 Å². The van der Waals surface area contributed by atoms with Crippen molar-refractivity contribution < 1.29 is 14.3 Å². The summed E-state index contributed by atoms with van der Waals surface area (Å²) in [5.41, 5.74) is 2.29. The molecule has 0 aliphatic carbocycles. The number of fused-ring (bicyclic) bond motifs is 1. The first-order valence-electron chi connectivity index (χ1n) is 9.97. The van der Waals surface area contributed by atoms with Gasteiger partial charge < -0.3 is 14.6 Å². The van der Waals surface area contributed by atoms with Crippen LogP contribution in [0.15, 0.2) is 47.6 Å². The Morgan fingerprint density at radius 1 is 1.28 bits per heavy atom. The molecule has 2 aromatic carbocycles. The predicted octanol–water partition coefficient (Wildman–Crippen LogP) is 3.99. The number of nitrogens with zero attached hydrogens (tertiary/aromatic N) is 4. The lowest BCUT2D eigenvalue weighted by molar-refractivity contribution is -0.121. The molecular formula is C22H22ClN5O3S. The standard InChI is InChI=1S/C22H22ClN5O3S/c1-13-8-9-15(10-16(13)23)24-19(29)12-32-22-26-25-21(27(22)3)14(2)28-17-6-4-5-7-18(17)31-11-20(28)30/h4-10,14H,11-12H2,1-3H3,(H,24,29). The maximum absolute atomic E-state index is 12.6. The van der Waals surface area contributed by atoms with E-state index in [9.17, 15) is 9.59 Å². The van der Waals surface area contributed by atoms with Crippen LogP contribution in [0.2, 0.25) is 5.02 Å². The van der Waals surface area contributed by atoms with Crippen molar-refractivity contribution in [2.24, 2.45) is 7.05 Å². The van der Waals surface area contributed by atoms with Gasteiger partial charge in [-0.25, -0.2) is 0 Å². The Labute approximate surface area is 194 Å². The molecule has 0 fully saturated rings. The number of carbonyl (C=O) groups is 2. The van der Waals surface area contributed by atoms with Gasteiger partial charge >= 0.3 is 0 Å². The number of thioether (sulfide) groups is 1. The SMILES string of the molecule is Cc1ccc(NC(=O)CSc2nnc(C(C)N3C(=O)COc4ccccc43)n2C)cc1Cl. The van der Waals surface area contributed by atoms with Gasteiger partial charge in [0.05, 0.1) is 17.5 Å². The topological polar surface area (TPSA) is 89.3 Å². The summed E-state index contributed by atoms with van der Waals surface area (Å²) in [5, 5.41) is 12.5. The minimum Gasteiger partial charge on any atom is -0.482 e.